The average Bonchev–Trinajstić information content (AvgIpc) is 3.31. The largest absolute Gasteiger partial charge is 0.476 e. The lowest BCUT2D eigenvalue weighted by atomic mass is 10.1. The molecule has 0 fully saturated rings. The van der Waals surface area contributed by atoms with Gasteiger partial charge in [0.25, 0.3) is 0 Å². The van der Waals surface area contributed by atoms with Crippen molar-refractivity contribution in [2.24, 2.45) is 0 Å². The summed E-state index contributed by atoms with van der Waals surface area (Å²) in [4.78, 5) is 48.7. The number of carboxylic acid groups (broad SMARTS) is 1. The molecule has 1 unspecified atom stereocenters. The molecule has 0 saturated heterocycles. The first-order valence-electron chi connectivity index (χ1n) is 9.28. The topological polar surface area (TPSA) is 137 Å². The molecule has 0 bridgehead atoms. The summed E-state index contributed by atoms with van der Waals surface area (Å²) in [6.45, 7) is 6.97. The second kappa shape index (κ2) is 10.0. The molecule has 0 aliphatic carbocycles. The number of aromatic nitrogens is 2. The number of ether oxygens (including phenoxy) is 2. The van der Waals surface area contributed by atoms with Gasteiger partial charge in [-0.25, -0.2) is 14.4 Å². The van der Waals surface area contributed by atoms with E-state index >= 15 is 0 Å². The van der Waals surface area contributed by atoms with Crippen LogP contribution in [0, 0.1) is 6.92 Å². The molecule has 0 saturated carbocycles. The molecule has 0 aromatic carbocycles. The first kappa shape index (κ1) is 23.1. The van der Waals surface area contributed by atoms with Crippen molar-refractivity contribution < 1.29 is 33.8 Å². The molecule has 11 heteroatoms. The zero-order valence-corrected chi connectivity index (χ0v) is 17.9. The predicted molar refractivity (Wildman–Crippen MR) is 108 cm³/mol. The summed E-state index contributed by atoms with van der Waals surface area (Å²) in [5.41, 5.74) is 0.244. The minimum atomic E-state index is -1.21. The summed E-state index contributed by atoms with van der Waals surface area (Å²) >= 11 is 0.916. The number of hydrogen-bond acceptors (Lipinski definition) is 8. The lowest BCUT2D eigenvalue weighted by molar-refractivity contribution is -0.119. The van der Waals surface area contributed by atoms with Crippen molar-refractivity contribution >= 4 is 40.2 Å². The van der Waals surface area contributed by atoms with Crippen molar-refractivity contribution in [1.82, 2.24) is 9.78 Å². The Bertz CT molecular complexity index is 963. The normalized spacial score (nSPS) is 11.6. The van der Waals surface area contributed by atoms with Crippen molar-refractivity contribution in [2.45, 2.75) is 40.2 Å². The maximum absolute atomic E-state index is 12.7. The van der Waals surface area contributed by atoms with E-state index < -0.39 is 29.9 Å². The van der Waals surface area contributed by atoms with E-state index in [1.165, 1.54) is 23.9 Å². The third-order valence-electron chi connectivity index (χ3n) is 4.09. The molecule has 2 aromatic rings. The SMILES string of the molecule is CCCOC(=O)c1c(NC(=O)C(C)n2ccc(C(=O)O)n2)sc(C(=O)OCC)c1C. The molecule has 0 aliphatic rings. The summed E-state index contributed by atoms with van der Waals surface area (Å²) in [6.07, 6.45) is 1.98. The number of thiophene rings is 1. The number of carbonyl (C=O) groups is 4. The van der Waals surface area contributed by atoms with Gasteiger partial charge in [0, 0.05) is 6.20 Å². The van der Waals surface area contributed by atoms with Crippen molar-refractivity contribution in [3.05, 3.63) is 34.0 Å². The fourth-order valence-corrected chi connectivity index (χ4v) is 3.60. The lowest BCUT2D eigenvalue weighted by Gasteiger charge is -2.13. The molecule has 2 N–H and O–H groups in total. The number of carbonyl (C=O) groups excluding carboxylic acids is 3. The number of aromatic carboxylic acids is 1. The third-order valence-corrected chi connectivity index (χ3v) is 5.28. The summed E-state index contributed by atoms with van der Waals surface area (Å²) in [5, 5.41) is 15.6. The second-order valence-corrected chi connectivity index (χ2v) is 7.29. The van der Waals surface area contributed by atoms with Gasteiger partial charge in [-0.15, -0.1) is 11.3 Å². The Morgan fingerprint density at radius 1 is 1.23 bits per heavy atom. The Hall–Kier alpha value is -3.21. The average molecular weight is 437 g/mol. The molecule has 0 aliphatic heterocycles. The van der Waals surface area contributed by atoms with Gasteiger partial charge in [0.05, 0.1) is 18.8 Å². The van der Waals surface area contributed by atoms with Crippen molar-refractivity contribution in [3.63, 3.8) is 0 Å². The zero-order valence-electron chi connectivity index (χ0n) is 17.1. The van der Waals surface area contributed by atoms with E-state index in [4.69, 9.17) is 14.6 Å². The smallest absolute Gasteiger partial charge is 0.356 e. The van der Waals surface area contributed by atoms with Crippen LogP contribution < -0.4 is 5.32 Å². The Morgan fingerprint density at radius 2 is 1.93 bits per heavy atom. The van der Waals surface area contributed by atoms with Gasteiger partial charge in [-0.05, 0) is 38.8 Å². The summed E-state index contributed by atoms with van der Waals surface area (Å²) in [5.74, 6) is -3.01. The molecule has 0 radical (unpaired) electrons. The number of nitrogens with one attached hydrogen (secondary N) is 1. The van der Waals surface area contributed by atoms with Crippen LogP contribution in [-0.4, -0.2) is 51.9 Å². The van der Waals surface area contributed by atoms with E-state index in [0.29, 0.717) is 12.0 Å². The van der Waals surface area contributed by atoms with Gasteiger partial charge >= 0.3 is 17.9 Å². The molecule has 1 amide bonds. The van der Waals surface area contributed by atoms with Crippen LogP contribution in [0.2, 0.25) is 0 Å². The molecule has 2 rings (SSSR count). The fourth-order valence-electron chi connectivity index (χ4n) is 2.51. The van der Waals surface area contributed by atoms with E-state index in [-0.39, 0.29) is 34.3 Å². The van der Waals surface area contributed by atoms with Crippen LogP contribution in [0.25, 0.3) is 0 Å². The van der Waals surface area contributed by atoms with Crippen LogP contribution in [0.5, 0.6) is 0 Å². The summed E-state index contributed by atoms with van der Waals surface area (Å²) < 4.78 is 11.4. The van der Waals surface area contributed by atoms with Gasteiger partial charge in [-0.1, -0.05) is 6.92 Å². The second-order valence-electron chi connectivity index (χ2n) is 6.27. The lowest BCUT2D eigenvalue weighted by Crippen LogP contribution is -2.25. The number of nitrogens with zero attached hydrogens (tertiary/aromatic N) is 2. The van der Waals surface area contributed by atoms with Gasteiger partial charge in [0.1, 0.15) is 15.9 Å². The Balaban J connectivity index is 2.34. The summed E-state index contributed by atoms with van der Waals surface area (Å²) in [6, 6.07) is 0.402. The maximum Gasteiger partial charge on any atom is 0.356 e. The molecular formula is C19H23N3O7S. The number of anilines is 1. The van der Waals surface area contributed by atoms with Gasteiger partial charge < -0.3 is 19.9 Å². The highest BCUT2D eigenvalue weighted by Crippen LogP contribution is 2.34. The van der Waals surface area contributed by atoms with E-state index in [9.17, 15) is 19.2 Å². The molecule has 1 atom stereocenters. The van der Waals surface area contributed by atoms with Gasteiger partial charge in [0.15, 0.2) is 5.69 Å². The van der Waals surface area contributed by atoms with Crippen LogP contribution >= 0.6 is 11.3 Å². The van der Waals surface area contributed by atoms with Crippen LogP contribution in [0.4, 0.5) is 5.00 Å². The highest BCUT2D eigenvalue weighted by molar-refractivity contribution is 7.18. The number of carboxylic acids is 1. The monoisotopic (exact) mass is 437 g/mol. The summed E-state index contributed by atoms with van der Waals surface area (Å²) in [7, 11) is 0. The van der Waals surface area contributed by atoms with Crippen LogP contribution in [0.3, 0.4) is 0 Å². The van der Waals surface area contributed by atoms with Gasteiger partial charge in [-0.2, -0.15) is 5.10 Å². The molecular weight excluding hydrogens is 414 g/mol. The number of rotatable bonds is 9. The van der Waals surface area contributed by atoms with Gasteiger partial charge in [0.2, 0.25) is 5.91 Å². The molecule has 10 nitrogen and oxygen atoms in total. The van der Waals surface area contributed by atoms with Crippen LogP contribution in [0.1, 0.15) is 69.3 Å². The Labute approximate surface area is 176 Å². The zero-order chi connectivity index (χ0) is 22.4. The van der Waals surface area contributed by atoms with Gasteiger partial charge in [-0.3, -0.25) is 9.48 Å². The number of esters is 2. The van der Waals surface area contributed by atoms with Crippen molar-refractivity contribution in [3.8, 4) is 0 Å². The van der Waals surface area contributed by atoms with E-state index in [2.05, 4.69) is 10.4 Å². The van der Waals surface area contributed by atoms with E-state index in [0.717, 1.165) is 11.3 Å². The standard InChI is InChI=1S/C19H23N3O7S/c1-5-9-29-18(26)13-10(3)14(19(27)28-6-2)30-16(13)20-15(23)11(4)22-8-7-12(21-22)17(24)25/h7-8,11H,5-6,9H2,1-4H3,(H,20,23)(H,24,25). The minimum absolute atomic E-state index is 0.0868. The molecule has 2 heterocycles. The highest BCUT2D eigenvalue weighted by atomic mass is 32.1. The fraction of sp³-hybridized carbons (Fsp3) is 0.421. The van der Waals surface area contributed by atoms with E-state index in [1.54, 1.807) is 13.8 Å². The Morgan fingerprint density at radius 3 is 2.50 bits per heavy atom. The predicted octanol–water partition coefficient (Wildman–Crippen LogP) is 2.89. The first-order chi connectivity index (χ1) is 14.2. The molecule has 30 heavy (non-hydrogen) atoms. The maximum atomic E-state index is 12.7. The quantitative estimate of drug-likeness (QED) is 0.571. The number of hydrogen-bond donors (Lipinski definition) is 2. The third kappa shape index (κ3) is 5.03. The molecule has 2 aromatic heterocycles. The number of amides is 1. The van der Waals surface area contributed by atoms with Crippen molar-refractivity contribution in [1.29, 1.82) is 0 Å². The van der Waals surface area contributed by atoms with E-state index in [1.807, 2.05) is 6.92 Å². The molecule has 0 spiro atoms. The first-order valence-corrected chi connectivity index (χ1v) is 10.1. The van der Waals surface area contributed by atoms with Crippen molar-refractivity contribution in [2.75, 3.05) is 18.5 Å². The van der Waals surface area contributed by atoms with Crippen LogP contribution in [0.15, 0.2) is 12.3 Å². The highest BCUT2D eigenvalue weighted by Gasteiger charge is 2.28. The minimum Gasteiger partial charge on any atom is -0.476 e. The molecule has 162 valence electrons. The van der Waals surface area contributed by atoms with Crippen LogP contribution in [-0.2, 0) is 14.3 Å². The Kier molecular flexibility index (Phi) is 7.70.